The van der Waals surface area contributed by atoms with E-state index in [-0.39, 0.29) is 6.03 Å². The number of carbonyl (C=O) groups excluding carboxylic acids is 1. The highest BCUT2D eigenvalue weighted by Crippen LogP contribution is 2.28. The summed E-state index contributed by atoms with van der Waals surface area (Å²) < 4.78 is 5.69. The van der Waals surface area contributed by atoms with Gasteiger partial charge in [-0.15, -0.1) is 0 Å². The third kappa shape index (κ3) is 3.23. The van der Waals surface area contributed by atoms with Gasteiger partial charge in [0.2, 0.25) is 0 Å². The smallest absolute Gasteiger partial charge is 0.323 e. The SMILES string of the molecule is Nc1ccc(Oc2ccnc(NC(=O)N3CCC3)c2)cc1Cl. The Bertz CT molecular complexity index is 704. The van der Waals surface area contributed by atoms with Gasteiger partial charge in [0.05, 0.1) is 10.7 Å². The van der Waals surface area contributed by atoms with Gasteiger partial charge in [-0.3, -0.25) is 5.32 Å². The van der Waals surface area contributed by atoms with E-state index in [1.165, 1.54) is 0 Å². The van der Waals surface area contributed by atoms with Crippen molar-refractivity contribution < 1.29 is 9.53 Å². The average molecular weight is 319 g/mol. The van der Waals surface area contributed by atoms with Crippen molar-refractivity contribution in [1.29, 1.82) is 0 Å². The first-order valence-electron chi connectivity index (χ1n) is 6.87. The Morgan fingerprint density at radius 3 is 2.73 bits per heavy atom. The molecule has 1 aromatic heterocycles. The molecule has 0 unspecified atom stereocenters. The van der Waals surface area contributed by atoms with Gasteiger partial charge in [0, 0.05) is 31.4 Å². The normalized spacial score (nSPS) is 13.4. The van der Waals surface area contributed by atoms with E-state index in [0.717, 1.165) is 19.5 Å². The Balaban J connectivity index is 1.70. The number of hydrogen-bond donors (Lipinski definition) is 2. The number of halogens is 1. The average Bonchev–Trinajstić information content (AvgIpc) is 2.41. The number of urea groups is 1. The van der Waals surface area contributed by atoms with Crippen LogP contribution in [-0.2, 0) is 0 Å². The molecule has 1 aliphatic rings. The summed E-state index contributed by atoms with van der Waals surface area (Å²) in [6.45, 7) is 1.57. The number of rotatable bonds is 3. The third-order valence-electron chi connectivity index (χ3n) is 3.32. The maximum absolute atomic E-state index is 11.8. The molecule has 1 aromatic carbocycles. The molecule has 1 aliphatic heterocycles. The molecule has 2 heterocycles. The monoisotopic (exact) mass is 318 g/mol. The summed E-state index contributed by atoms with van der Waals surface area (Å²) in [5.74, 6) is 1.55. The Hall–Kier alpha value is -2.47. The zero-order valence-electron chi connectivity index (χ0n) is 11.8. The number of carbonyl (C=O) groups is 1. The molecule has 0 saturated carbocycles. The molecule has 1 saturated heterocycles. The van der Waals surface area contributed by atoms with Crippen molar-refractivity contribution in [1.82, 2.24) is 9.88 Å². The first kappa shape index (κ1) is 14.5. The number of anilines is 2. The van der Waals surface area contributed by atoms with Gasteiger partial charge in [0.15, 0.2) is 0 Å². The van der Waals surface area contributed by atoms with E-state index in [9.17, 15) is 4.79 Å². The molecule has 0 atom stereocenters. The third-order valence-corrected chi connectivity index (χ3v) is 3.64. The molecule has 0 radical (unpaired) electrons. The second-order valence-corrected chi connectivity index (χ2v) is 5.34. The molecule has 0 spiro atoms. The molecule has 2 amide bonds. The van der Waals surface area contributed by atoms with Crippen molar-refractivity contribution in [2.45, 2.75) is 6.42 Å². The van der Waals surface area contributed by atoms with Gasteiger partial charge in [-0.2, -0.15) is 0 Å². The first-order valence-corrected chi connectivity index (χ1v) is 7.24. The molecule has 22 heavy (non-hydrogen) atoms. The highest BCUT2D eigenvalue weighted by molar-refractivity contribution is 6.33. The van der Waals surface area contributed by atoms with Gasteiger partial charge in [0.25, 0.3) is 0 Å². The summed E-state index contributed by atoms with van der Waals surface area (Å²) in [5, 5.41) is 3.17. The van der Waals surface area contributed by atoms with Crippen LogP contribution in [0.15, 0.2) is 36.5 Å². The predicted molar refractivity (Wildman–Crippen MR) is 85.4 cm³/mol. The van der Waals surface area contributed by atoms with Crippen LogP contribution in [0.2, 0.25) is 5.02 Å². The fourth-order valence-electron chi connectivity index (χ4n) is 1.96. The first-order chi connectivity index (χ1) is 10.6. The van der Waals surface area contributed by atoms with Crippen LogP contribution >= 0.6 is 11.6 Å². The van der Waals surface area contributed by atoms with E-state index >= 15 is 0 Å². The summed E-state index contributed by atoms with van der Waals surface area (Å²) in [7, 11) is 0. The number of nitrogens with zero attached hydrogens (tertiary/aromatic N) is 2. The standard InChI is InChI=1S/C15H15ClN4O2/c16-12-8-10(2-3-13(12)17)22-11-4-5-18-14(9-11)19-15(21)20-6-1-7-20/h2-5,8-9H,1,6-7,17H2,(H,18,19,21). The molecule has 3 rings (SSSR count). The molecule has 114 valence electrons. The Morgan fingerprint density at radius 2 is 2.05 bits per heavy atom. The van der Waals surface area contributed by atoms with Crippen LogP contribution in [0.5, 0.6) is 11.5 Å². The maximum atomic E-state index is 11.8. The van der Waals surface area contributed by atoms with Crippen molar-refractivity contribution in [3.8, 4) is 11.5 Å². The number of likely N-dealkylation sites (tertiary alicyclic amines) is 1. The second-order valence-electron chi connectivity index (χ2n) is 4.93. The lowest BCUT2D eigenvalue weighted by Gasteiger charge is -2.30. The van der Waals surface area contributed by atoms with Gasteiger partial charge in [0.1, 0.15) is 17.3 Å². The highest BCUT2D eigenvalue weighted by Gasteiger charge is 2.20. The van der Waals surface area contributed by atoms with Gasteiger partial charge in [-0.05, 0) is 24.6 Å². The predicted octanol–water partition coefficient (Wildman–Crippen LogP) is 3.35. The minimum absolute atomic E-state index is 0.147. The van der Waals surface area contributed by atoms with E-state index in [0.29, 0.717) is 28.0 Å². The highest BCUT2D eigenvalue weighted by atomic mass is 35.5. The van der Waals surface area contributed by atoms with E-state index in [1.54, 1.807) is 41.4 Å². The van der Waals surface area contributed by atoms with Gasteiger partial charge in [-0.1, -0.05) is 11.6 Å². The quantitative estimate of drug-likeness (QED) is 0.850. The minimum atomic E-state index is -0.147. The van der Waals surface area contributed by atoms with Gasteiger partial charge in [-0.25, -0.2) is 9.78 Å². The Labute approximate surface area is 132 Å². The number of hydrogen-bond acceptors (Lipinski definition) is 4. The number of nitrogens with one attached hydrogen (secondary N) is 1. The molecular weight excluding hydrogens is 304 g/mol. The Kier molecular flexibility index (Phi) is 4.02. The zero-order chi connectivity index (χ0) is 15.5. The lowest BCUT2D eigenvalue weighted by Crippen LogP contribution is -2.44. The number of pyridine rings is 1. The second kappa shape index (κ2) is 6.11. The maximum Gasteiger partial charge on any atom is 0.323 e. The summed E-state index contributed by atoms with van der Waals surface area (Å²) in [6, 6.07) is 8.23. The number of aromatic nitrogens is 1. The van der Waals surface area contributed by atoms with Crippen LogP contribution in [0.1, 0.15) is 6.42 Å². The van der Waals surface area contributed by atoms with Crippen molar-refractivity contribution in [3.05, 3.63) is 41.6 Å². The zero-order valence-corrected chi connectivity index (χ0v) is 12.5. The number of ether oxygens (including phenoxy) is 1. The number of nitrogens with two attached hydrogens (primary N) is 1. The molecule has 0 bridgehead atoms. The van der Waals surface area contributed by atoms with Crippen molar-refractivity contribution in [2.75, 3.05) is 24.1 Å². The van der Waals surface area contributed by atoms with Crippen LogP contribution in [0, 0.1) is 0 Å². The van der Waals surface area contributed by atoms with Crippen LogP contribution < -0.4 is 15.8 Å². The van der Waals surface area contributed by atoms with Gasteiger partial charge >= 0.3 is 6.03 Å². The molecule has 0 aliphatic carbocycles. The van der Waals surface area contributed by atoms with E-state index in [1.807, 2.05) is 0 Å². The van der Waals surface area contributed by atoms with Crippen molar-refractivity contribution in [3.63, 3.8) is 0 Å². The molecule has 7 heteroatoms. The summed E-state index contributed by atoms with van der Waals surface area (Å²) in [4.78, 5) is 17.7. The molecule has 2 aromatic rings. The molecule has 6 nitrogen and oxygen atoms in total. The van der Waals surface area contributed by atoms with Crippen molar-refractivity contribution in [2.24, 2.45) is 0 Å². The minimum Gasteiger partial charge on any atom is -0.457 e. The lowest BCUT2D eigenvalue weighted by molar-refractivity contribution is 0.181. The van der Waals surface area contributed by atoms with Crippen LogP contribution in [-0.4, -0.2) is 29.0 Å². The van der Waals surface area contributed by atoms with Crippen molar-refractivity contribution >= 4 is 29.1 Å². The number of nitrogen functional groups attached to an aromatic ring is 1. The number of amides is 2. The van der Waals surface area contributed by atoms with Crippen LogP contribution in [0.4, 0.5) is 16.3 Å². The largest absolute Gasteiger partial charge is 0.457 e. The van der Waals surface area contributed by atoms with E-state index < -0.39 is 0 Å². The number of benzene rings is 1. The van der Waals surface area contributed by atoms with Gasteiger partial charge < -0.3 is 15.4 Å². The van der Waals surface area contributed by atoms with E-state index in [4.69, 9.17) is 22.1 Å². The summed E-state index contributed by atoms with van der Waals surface area (Å²) in [5.41, 5.74) is 6.15. The molecule has 1 fully saturated rings. The fourth-order valence-corrected chi connectivity index (χ4v) is 2.13. The fraction of sp³-hybridized carbons (Fsp3) is 0.200. The van der Waals surface area contributed by atoms with Crippen LogP contribution in [0.3, 0.4) is 0 Å². The van der Waals surface area contributed by atoms with Crippen LogP contribution in [0.25, 0.3) is 0 Å². The van der Waals surface area contributed by atoms with E-state index in [2.05, 4.69) is 10.3 Å². The lowest BCUT2D eigenvalue weighted by atomic mass is 10.2. The Morgan fingerprint density at radius 1 is 1.27 bits per heavy atom. The summed E-state index contributed by atoms with van der Waals surface area (Å²) in [6.07, 6.45) is 2.61. The summed E-state index contributed by atoms with van der Waals surface area (Å²) >= 11 is 5.96. The molecule has 3 N–H and O–H groups in total. The topological polar surface area (TPSA) is 80.5 Å². The molecular formula is C15H15ClN4O2.